The number of hydrogen-bond donors (Lipinski definition) is 1. The molecule has 0 radical (unpaired) electrons. The van der Waals surface area contributed by atoms with Crippen molar-refractivity contribution in [1.82, 2.24) is 5.32 Å². The maximum Gasteiger partial charge on any atom is 0.416 e. The van der Waals surface area contributed by atoms with E-state index < -0.39 is 11.7 Å². The van der Waals surface area contributed by atoms with Gasteiger partial charge < -0.3 is 5.32 Å². The SMILES string of the molecule is CC1N[C@@H](C)Cc2cc(C(F)(F)F)ccc21. The molecule has 88 valence electrons. The number of fused-ring (bicyclic) bond motifs is 1. The van der Waals surface area contributed by atoms with Gasteiger partial charge in [-0.05, 0) is 43.5 Å². The lowest BCUT2D eigenvalue weighted by molar-refractivity contribution is -0.137. The van der Waals surface area contributed by atoms with Gasteiger partial charge in [-0.1, -0.05) is 6.07 Å². The molecule has 0 saturated carbocycles. The first-order valence-corrected chi connectivity index (χ1v) is 5.34. The largest absolute Gasteiger partial charge is 0.416 e. The van der Waals surface area contributed by atoms with Crippen LogP contribution in [0.4, 0.5) is 13.2 Å². The zero-order chi connectivity index (χ0) is 11.9. The van der Waals surface area contributed by atoms with Crippen LogP contribution in [-0.4, -0.2) is 6.04 Å². The lowest BCUT2D eigenvalue weighted by Gasteiger charge is -2.29. The average molecular weight is 229 g/mol. The van der Waals surface area contributed by atoms with E-state index >= 15 is 0 Å². The van der Waals surface area contributed by atoms with Crippen molar-refractivity contribution < 1.29 is 13.2 Å². The van der Waals surface area contributed by atoms with Gasteiger partial charge in [-0.3, -0.25) is 0 Å². The molecule has 2 rings (SSSR count). The molecule has 0 amide bonds. The molecule has 0 bridgehead atoms. The van der Waals surface area contributed by atoms with Gasteiger partial charge in [0.05, 0.1) is 5.56 Å². The summed E-state index contributed by atoms with van der Waals surface area (Å²) in [5, 5.41) is 3.31. The first-order valence-electron chi connectivity index (χ1n) is 5.34. The van der Waals surface area contributed by atoms with E-state index in [0.717, 1.165) is 17.2 Å². The second-order valence-corrected chi connectivity index (χ2v) is 4.40. The van der Waals surface area contributed by atoms with Crippen molar-refractivity contribution in [2.45, 2.75) is 38.5 Å². The summed E-state index contributed by atoms with van der Waals surface area (Å²) < 4.78 is 37.6. The quantitative estimate of drug-likeness (QED) is 0.719. The van der Waals surface area contributed by atoms with Gasteiger partial charge in [-0.15, -0.1) is 0 Å². The van der Waals surface area contributed by atoms with Crippen molar-refractivity contribution in [3.8, 4) is 0 Å². The van der Waals surface area contributed by atoms with E-state index in [1.54, 1.807) is 6.07 Å². The predicted octanol–water partition coefficient (Wildman–Crippen LogP) is 3.30. The minimum Gasteiger partial charge on any atom is -0.307 e. The number of halogens is 3. The third-order valence-electron chi connectivity index (χ3n) is 3.00. The van der Waals surface area contributed by atoms with Crippen LogP contribution in [0.1, 0.15) is 36.6 Å². The van der Waals surface area contributed by atoms with Gasteiger partial charge in [-0.25, -0.2) is 0 Å². The molecule has 1 aromatic rings. The van der Waals surface area contributed by atoms with E-state index in [1.165, 1.54) is 6.07 Å². The lowest BCUT2D eigenvalue weighted by Crippen LogP contribution is -2.36. The molecule has 2 atom stereocenters. The molecular formula is C12H14F3N. The van der Waals surface area contributed by atoms with Gasteiger partial charge in [-0.2, -0.15) is 13.2 Å². The van der Waals surface area contributed by atoms with Gasteiger partial charge in [0.15, 0.2) is 0 Å². The molecule has 16 heavy (non-hydrogen) atoms. The Morgan fingerprint density at radius 2 is 1.94 bits per heavy atom. The second-order valence-electron chi connectivity index (χ2n) is 4.40. The van der Waals surface area contributed by atoms with Crippen LogP contribution in [0.2, 0.25) is 0 Å². The molecule has 1 nitrogen and oxygen atoms in total. The van der Waals surface area contributed by atoms with E-state index in [1.807, 2.05) is 13.8 Å². The number of rotatable bonds is 0. The molecule has 0 fully saturated rings. The molecule has 0 spiro atoms. The van der Waals surface area contributed by atoms with E-state index in [0.29, 0.717) is 6.42 Å². The molecule has 1 N–H and O–H groups in total. The third-order valence-corrected chi connectivity index (χ3v) is 3.00. The number of benzene rings is 1. The van der Waals surface area contributed by atoms with Crippen molar-refractivity contribution in [2.75, 3.05) is 0 Å². The smallest absolute Gasteiger partial charge is 0.307 e. The standard InChI is InChI=1S/C12H14F3N/c1-7-5-9-6-10(12(13,14)15)3-4-11(9)8(2)16-7/h3-4,6-8,16H,5H2,1-2H3/t7-,8?/m0/s1. The molecule has 1 heterocycles. The topological polar surface area (TPSA) is 12.0 Å². The maximum absolute atomic E-state index is 12.5. The minimum absolute atomic E-state index is 0.126. The fourth-order valence-electron chi connectivity index (χ4n) is 2.29. The summed E-state index contributed by atoms with van der Waals surface area (Å²) in [5.74, 6) is 0. The van der Waals surface area contributed by atoms with Crippen LogP contribution in [0.25, 0.3) is 0 Å². The Kier molecular flexibility index (Phi) is 2.70. The maximum atomic E-state index is 12.5. The normalized spacial score (nSPS) is 25.3. The summed E-state index contributed by atoms with van der Waals surface area (Å²) in [6.07, 6.45) is -3.59. The van der Waals surface area contributed by atoms with Crippen LogP contribution >= 0.6 is 0 Å². The van der Waals surface area contributed by atoms with Crippen LogP contribution in [-0.2, 0) is 12.6 Å². The monoisotopic (exact) mass is 229 g/mol. The molecule has 1 unspecified atom stereocenters. The Morgan fingerprint density at radius 1 is 1.25 bits per heavy atom. The highest BCUT2D eigenvalue weighted by Gasteiger charge is 2.32. The van der Waals surface area contributed by atoms with Crippen LogP contribution in [0.5, 0.6) is 0 Å². The number of alkyl halides is 3. The summed E-state index contributed by atoms with van der Waals surface area (Å²) in [6, 6.07) is 4.38. The first-order chi connectivity index (χ1) is 7.38. The van der Waals surface area contributed by atoms with E-state index in [2.05, 4.69) is 5.32 Å². The van der Waals surface area contributed by atoms with Gasteiger partial charge in [0.2, 0.25) is 0 Å². The molecule has 1 aliphatic rings. The molecule has 4 heteroatoms. The molecule has 0 aliphatic carbocycles. The van der Waals surface area contributed by atoms with Crippen molar-refractivity contribution in [1.29, 1.82) is 0 Å². The van der Waals surface area contributed by atoms with Crippen molar-refractivity contribution in [3.05, 3.63) is 34.9 Å². The molecular weight excluding hydrogens is 215 g/mol. The summed E-state index contributed by atoms with van der Waals surface area (Å²) >= 11 is 0. The minimum atomic E-state index is -4.24. The van der Waals surface area contributed by atoms with Crippen LogP contribution in [0.3, 0.4) is 0 Å². The van der Waals surface area contributed by atoms with Gasteiger partial charge >= 0.3 is 6.18 Å². The summed E-state index contributed by atoms with van der Waals surface area (Å²) in [6.45, 7) is 3.96. The summed E-state index contributed by atoms with van der Waals surface area (Å²) in [4.78, 5) is 0. The lowest BCUT2D eigenvalue weighted by atomic mass is 9.90. The van der Waals surface area contributed by atoms with Gasteiger partial charge in [0.25, 0.3) is 0 Å². The van der Waals surface area contributed by atoms with Crippen LogP contribution in [0, 0.1) is 0 Å². The van der Waals surface area contributed by atoms with Crippen molar-refractivity contribution >= 4 is 0 Å². The Labute approximate surface area is 92.7 Å². The summed E-state index contributed by atoms with van der Waals surface area (Å²) in [5.41, 5.74) is 1.24. The van der Waals surface area contributed by atoms with E-state index in [9.17, 15) is 13.2 Å². The first kappa shape index (κ1) is 11.5. The highest BCUT2D eigenvalue weighted by Crippen LogP contribution is 2.33. The number of nitrogens with one attached hydrogen (secondary N) is 1. The number of hydrogen-bond acceptors (Lipinski definition) is 1. The Bertz CT molecular complexity index is 398. The van der Waals surface area contributed by atoms with Crippen LogP contribution in [0.15, 0.2) is 18.2 Å². The summed E-state index contributed by atoms with van der Waals surface area (Å²) in [7, 11) is 0. The highest BCUT2D eigenvalue weighted by molar-refractivity contribution is 5.37. The highest BCUT2D eigenvalue weighted by atomic mass is 19.4. The zero-order valence-electron chi connectivity index (χ0n) is 9.23. The molecule has 1 aliphatic heterocycles. The van der Waals surface area contributed by atoms with Gasteiger partial charge in [0, 0.05) is 12.1 Å². The Hall–Kier alpha value is -1.03. The van der Waals surface area contributed by atoms with Crippen molar-refractivity contribution in [3.63, 3.8) is 0 Å². The fraction of sp³-hybridized carbons (Fsp3) is 0.500. The Balaban J connectivity index is 2.42. The van der Waals surface area contributed by atoms with E-state index in [4.69, 9.17) is 0 Å². The molecule has 0 saturated heterocycles. The Morgan fingerprint density at radius 3 is 2.56 bits per heavy atom. The van der Waals surface area contributed by atoms with Crippen LogP contribution < -0.4 is 5.32 Å². The molecule has 1 aromatic carbocycles. The van der Waals surface area contributed by atoms with Gasteiger partial charge in [0.1, 0.15) is 0 Å². The molecule has 0 aromatic heterocycles. The zero-order valence-corrected chi connectivity index (χ0v) is 9.23. The van der Waals surface area contributed by atoms with Crippen molar-refractivity contribution in [2.24, 2.45) is 0 Å². The second kappa shape index (κ2) is 3.77. The fourth-order valence-corrected chi connectivity index (χ4v) is 2.29. The average Bonchev–Trinajstić information content (AvgIpc) is 2.15. The predicted molar refractivity (Wildman–Crippen MR) is 56.2 cm³/mol. The van der Waals surface area contributed by atoms with E-state index in [-0.39, 0.29) is 12.1 Å². The third kappa shape index (κ3) is 2.07.